The second kappa shape index (κ2) is 8.83. The van der Waals surface area contributed by atoms with Crippen molar-refractivity contribution in [1.82, 2.24) is 24.2 Å². The van der Waals surface area contributed by atoms with E-state index in [-0.39, 0.29) is 30.4 Å². The lowest BCUT2D eigenvalue weighted by Gasteiger charge is -2.23. The SMILES string of the molecule is Cc1ccc(-c2ccn(-c3ccc4c5c(n(C)c4c3)CCN(C)C5)c(=O)c2)nn1.Cl.Cl. The normalized spacial score (nSPS) is 13.4. The molecule has 1 aliphatic rings. The Labute approximate surface area is 193 Å². The van der Waals surface area contributed by atoms with Gasteiger partial charge in [0, 0.05) is 55.5 Å². The van der Waals surface area contributed by atoms with Crippen LogP contribution in [0, 0.1) is 6.92 Å². The van der Waals surface area contributed by atoms with Gasteiger partial charge in [-0.1, -0.05) is 6.07 Å². The van der Waals surface area contributed by atoms with Crippen molar-refractivity contribution in [3.63, 3.8) is 0 Å². The fourth-order valence-electron chi connectivity index (χ4n) is 4.25. The van der Waals surface area contributed by atoms with Crippen molar-refractivity contribution in [3.05, 3.63) is 76.0 Å². The molecule has 6 nitrogen and oxygen atoms in total. The van der Waals surface area contributed by atoms with Gasteiger partial charge in [0.2, 0.25) is 0 Å². The second-order valence-electron chi connectivity index (χ2n) is 7.86. The molecule has 0 atom stereocenters. The van der Waals surface area contributed by atoms with Crippen molar-refractivity contribution < 1.29 is 0 Å². The number of halogens is 2. The molecule has 0 fully saturated rings. The Balaban J connectivity index is 0.00000136. The molecule has 0 spiro atoms. The summed E-state index contributed by atoms with van der Waals surface area (Å²) in [6, 6.07) is 13.6. The smallest absolute Gasteiger partial charge is 0.255 e. The summed E-state index contributed by atoms with van der Waals surface area (Å²) < 4.78 is 3.96. The van der Waals surface area contributed by atoms with Gasteiger partial charge in [0.1, 0.15) is 0 Å². The van der Waals surface area contributed by atoms with Gasteiger partial charge in [0.15, 0.2) is 0 Å². The van der Waals surface area contributed by atoms with E-state index in [1.807, 2.05) is 37.4 Å². The standard InChI is InChI=1S/C23H23N5O.2ClH/c1-15-4-7-20(25-24-15)16-8-11-28(23(29)12-16)17-5-6-18-19-14-26(2)10-9-21(19)27(3)22(18)13-17;;/h4-8,11-13H,9-10,14H2,1-3H3;2*1H. The summed E-state index contributed by atoms with van der Waals surface area (Å²) in [6.45, 7) is 3.94. The summed E-state index contributed by atoms with van der Waals surface area (Å²) >= 11 is 0. The van der Waals surface area contributed by atoms with Crippen LogP contribution in [0.2, 0.25) is 0 Å². The number of pyridine rings is 1. The van der Waals surface area contributed by atoms with Crippen LogP contribution in [-0.4, -0.2) is 37.8 Å². The molecule has 31 heavy (non-hydrogen) atoms. The molecular weight excluding hydrogens is 433 g/mol. The Morgan fingerprint density at radius 2 is 1.77 bits per heavy atom. The highest BCUT2D eigenvalue weighted by Gasteiger charge is 2.21. The molecule has 0 saturated heterocycles. The van der Waals surface area contributed by atoms with Crippen LogP contribution in [-0.2, 0) is 20.0 Å². The third-order valence-corrected chi connectivity index (χ3v) is 5.87. The average Bonchev–Trinajstić information content (AvgIpc) is 2.99. The molecule has 162 valence electrons. The maximum absolute atomic E-state index is 12.8. The molecule has 8 heteroatoms. The minimum absolute atomic E-state index is 0. The number of hydrogen-bond donors (Lipinski definition) is 0. The van der Waals surface area contributed by atoms with Gasteiger partial charge in [0.25, 0.3) is 5.56 Å². The predicted molar refractivity (Wildman–Crippen MR) is 129 cm³/mol. The van der Waals surface area contributed by atoms with Crippen LogP contribution in [0.15, 0.2) is 53.5 Å². The molecule has 0 N–H and O–H groups in total. The first-order chi connectivity index (χ1) is 14.0. The van der Waals surface area contributed by atoms with E-state index in [0.717, 1.165) is 36.5 Å². The number of rotatable bonds is 2. The molecule has 3 aromatic heterocycles. The molecule has 1 aromatic carbocycles. The van der Waals surface area contributed by atoms with E-state index in [2.05, 4.69) is 45.9 Å². The summed E-state index contributed by atoms with van der Waals surface area (Å²) in [6.07, 6.45) is 2.87. The van der Waals surface area contributed by atoms with E-state index in [0.29, 0.717) is 5.69 Å². The van der Waals surface area contributed by atoms with Crippen LogP contribution in [0.1, 0.15) is 17.0 Å². The second-order valence-corrected chi connectivity index (χ2v) is 7.86. The summed E-state index contributed by atoms with van der Waals surface area (Å²) in [4.78, 5) is 15.2. The molecule has 0 amide bonds. The van der Waals surface area contributed by atoms with E-state index in [9.17, 15) is 4.79 Å². The van der Waals surface area contributed by atoms with Gasteiger partial charge in [0.05, 0.1) is 22.6 Å². The summed E-state index contributed by atoms with van der Waals surface area (Å²) in [5.41, 5.74) is 7.10. The lowest BCUT2D eigenvalue weighted by Crippen LogP contribution is -2.26. The zero-order valence-corrected chi connectivity index (χ0v) is 19.3. The predicted octanol–water partition coefficient (Wildman–Crippen LogP) is 3.93. The van der Waals surface area contributed by atoms with Crippen molar-refractivity contribution in [2.45, 2.75) is 19.9 Å². The minimum atomic E-state index is -0.0806. The molecule has 0 bridgehead atoms. The summed E-state index contributed by atoms with van der Waals surface area (Å²) in [5.74, 6) is 0. The monoisotopic (exact) mass is 457 g/mol. The minimum Gasteiger partial charge on any atom is -0.347 e. The van der Waals surface area contributed by atoms with E-state index in [4.69, 9.17) is 0 Å². The van der Waals surface area contributed by atoms with Crippen molar-refractivity contribution in [2.24, 2.45) is 7.05 Å². The summed E-state index contributed by atoms with van der Waals surface area (Å²) in [5, 5.41) is 9.54. The van der Waals surface area contributed by atoms with Crippen molar-refractivity contribution in [3.8, 4) is 16.9 Å². The molecule has 5 rings (SSSR count). The largest absolute Gasteiger partial charge is 0.347 e. The summed E-state index contributed by atoms with van der Waals surface area (Å²) in [7, 11) is 4.29. The fourth-order valence-corrected chi connectivity index (χ4v) is 4.25. The topological polar surface area (TPSA) is 56.0 Å². The number of aromatic nitrogens is 4. The highest BCUT2D eigenvalue weighted by molar-refractivity contribution is 5.87. The van der Waals surface area contributed by atoms with E-state index in [1.165, 1.54) is 22.2 Å². The molecule has 0 saturated carbocycles. The molecular formula is C23H25Cl2N5O. The zero-order chi connectivity index (χ0) is 20.1. The van der Waals surface area contributed by atoms with Gasteiger partial charge in [-0.25, -0.2) is 0 Å². The maximum Gasteiger partial charge on any atom is 0.255 e. The van der Waals surface area contributed by atoms with Gasteiger partial charge >= 0.3 is 0 Å². The zero-order valence-electron chi connectivity index (χ0n) is 17.7. The average molecular weight is 458 g/mol. The molecule has 1 aliphatic heterocycles. The molecule has 4 heterocycles. The molecule has 0 unspecified atom stereocenters. The van der Waals surface area contributed by atoms with Crippen LogP contribution in [0.25, 0.3) is 27.8 Å². The lowest BCUT2D eigenvalue weighted by atomic mass is 10.0. The quantitative estimate of drug-likeness (QED) is 0.457. The van der Waals surface area contributed by atoms with Crippen LogP contribution in [0.5, 0.6) is 0 Å². The van der Waals surface area contributed by atoms with Gasteiger partial charge in [-0.2, -0.15) is 10.2 Å². The maximum atomic E-state index is 12.8. The van der Waals surface area contributed by atoms with Crippen LogP contribution < -0.4 is 5.56 Å². The first kappa shape index (κ1) is 23.0. The Bertz CT molecular complexity index is 1290. The number of aryl methyl sites for hydroxylation is 2. The van der Waals surface area contributed by atoms with Crippen LogP contribution in [0.3, 0.4) is 0 Å². The third-order valence-electron chi connectivity index (χ3n) is 5.87. The third kappa shape index (κ3) is 3.99. The van der Waals surface area contributed by atoms with Gasteiger partial charge in [-0.15, -0.1) is 24.8 Å². The van der Waals surface area contributed by atoms with E-state index in [1.54, 1.807) is 10.6 Å². The number of hydrogen-bond acceptors (Lipinski definition) is 4. The fraction of sp³-hybridized carbons (Fsp3) is 0.261. The highest BCUT2D eigenvalue weighted by Crippen LogP contribution is 2.31. The van der Waals surface area contributed by atoms with E-state index >= 15 is 0 Å². The van der Waals surface area contributed by atoms with Crippen LogP contribution in [0.4, 0.5) is 0 Å². The van der Waals surface area contributed by atoms with Crippen molar-refractivity contribution >= 4 is 35.7 Å². The van der Waals surface area contributed by atoms with Crippen molar-refractivity contribution in [1.29, 1.82) is 0 Å². The number of likely N-dealkylation sites (N-methyl/N-ethyl adjacent to an activating group) is 1. The molecule has 0 aliphatic carbocycles. The Morgan fingerprint density at radius 3 is 2.48 bits per heavy atom. The Kier molecular flexibility index (Phi) is 6.55. The first-order valence-electron chi connectivity index (χ1n) is 9.84. The van der Waals surface area contributed by atoms with Crippen LogP contribution >= 0.6 is 24.8 Å². The van der Waals surface area contributed by atoms with Gasteiger partial charge in [-0.3, -0.25) is 9.36 Å². The lowest BCUT2D eigenvalue weighted by molar-refractivity contribution is 0.310. The van der Waals surface area contributed by atoms with E-state index < -0.39 is 0 Å². The number of benzene rings is 1. The molecule has 0 radical (unpaired) electrons. The Hall–Kier alpha value is -2.67. The number of fused-ring (bicyclic) bond motifs is 3. The highest BCUT2D eigenvalue weighted by atomic mass is 35.5. The van der Waals surface area contributed by atoms with Gasteiger partial charge < -0.3 is 9.47 Å². The molecule has 4 aromatic rings. The Morgan fingerprint density at radius 1 is 0.968 bits per heavy atom. The van der Waals surface area contributed by atoms with Gasteiger partial charge in [-0.05, 0) is 49.9 Å². The first-order valence-corrected chi connectivity index (χ1v) is 9.84. The number of nitrogens with zero attached hydrogens (tertiary/aromatic N) is 5. The van der Waals surface area contributed by atoms with Crippen molar-refractivity contribution in [2.75, 3.05) is 13.6 Å².